The summed E-state index contributed by atoms with van der Waals surface area (Å²) in [5.41, 5.74) is 1.14. The van der Waals surface area contributed by atoms with E-state index in [-0.39, 0.29) is 23.0 Å². The van der Waals surface area contributed by atoms with Gasteiger partial charge in [0, 0.05) is 29.7 Å². The van der Waals surface area contributed by atoms with Gasteiger partial charge in [0.05, 0.1) is 4.99 Å². The molecule has 4 atom stereocenters. The highest BCUT2D eigenvalue weighted by Gasteiger charge is 2.42. The molecule has 1 aromatic carbocycles. The Morgan fingerprint density at radius 2 is 2.00 bits per heavy atom. The van der Waals surface area contributed by atoms with Gasteiger partial charge >= 0.3 is 0 Å². The molecule has 20 heavy (non-hydrogen) atoms. The van der Waals surface area contributed by atoms with Gasteiger partial charge in [-0.15, -0.1) is 0 Å². The Bertz CT molecular complexity index is 522. The maximum atomic E-state index is 10.9. The largest absolute Gasteiger partial charge is 0.360 e. The second-order valence-electron chi connectivity index (χ2n) is 5.48. The van der Waals surface area contributed by atoms with E-state index in [1.165, 1.54) is 0 Å². The van der Waals surface area contributed by atoms with Gasteiger partial charge in [-0.2, -0.15) is 0 Å². The lowest BCUT2D eigenvalue weighted by atomic mass is 9.80. The van der Waals surface area contributed by atoms with Gasteiger partial charge in [-0.25, -0.2) is 0 Å². The number of rotatable bonds is 2. The van der Waals surface area contributed by atoms with Crippen molar-refractivity contribution in [3.63, 3.8) is 0 Å². The van der Waals surface area contributed by atoms with Crippen LogP contribution in [-0.4, -0.2) is 22.0 Å². The Morgan fingerprint density at radius 1 is 1.25 bits per heavy atom. The number of hydrogen-bond donors (Lipinski definition) is 2. The summed E-state index contributed by atoms with van der Waals surface area (Å²) in [5, 5.41) is 17.8. The van der Waals surface area contributed by atoms with E-state index in [2.05, 4.69) is 22.8 Å². The van der Waals surface area contributed by atoms with Gasteiger partial charge in [-0.1, -0.05) is 42.5 Å². The molecule has 3 rings (SSSR count). The van der Waals surface area contributed by atoms with Crippen LogP contribution in [0, 0.1) is 16.0 Å². The molecule has 1 saturated carbocycles. The SMILES string of the molecule is O=[N+]([O-])C1CCC2NC(c3ccccc3)NC(=S)C2C1. The molecule has 106 valence electrons. The van der Waals surface area contributed by atoms with E-state index in [0.717, 1.165) is 17.0 Å². The summed E-state index contributed by atoms with van der Waals surface area (Å²) in [7, 11) is 0. The van der Waals surface area contributed by atoms with Crippen LogP contribution in [0.5, 0.6) is 0 Å². The monoisotopic (exact) mass is 291 g/mol. The number of nitrogens with one attached hydrogen (secondary N) is 2. The zero-order chi connectivity index (χ0) is 14.1. The molecule has 2 N–H and O–H groups in total. The van der Waals surface area contributed by atoms with Crippen molar-refractivity contribution in [2.75, 3.05) is 0 Å². The summed E-state index contributed by atoms with van der Waals surface area (Å²) in [6, 6.07) is 9.87. The Balaban J connectivity index is 1.74. The molecule has 0 radical (unpaired) electrons. The molecule has 2 fully saturated rings. The first-order valence-electron chi connectivity index (χ1n) is 6.90. The average Bonchev–Trinajstić information content (AvgIpc) is 2.47. The number of nitrogens with zero attached hydrogens (tertiary/aromatic N) is 1. The number of hydrogen-bond acceptors (Lipinski definition) is 4. The Hall–Kier alpha value is -1.53. The minimum absolute atomic E-state index is 0.0112. The molecule has 1 heterocycles. The molecule has 1 aliphatic heterocycles. The number of fused-ring (bicyclic) bond motifs is 1. The zero-order valence-corrected chi connectivity index (χ0v) is 11.8. The van der Waals surface area contributed by atoms with Gasteiger partial charge in [0.1, 0.15) is 6.17 Å². The van der Waals surface area contributed by atoms with E-state index < -0.39 is 6.04 Å². The molecule has 1 aliphatic carbocycles. The van der Waals surface area contributed by atoms with E-state index in [0.29, 0.717) is 12.8 Å². The van der Waals surface area contributed by atoms with Crippen molar-refractivity contribution in [2.24, 2.45) is 5.92 Å². The van der Waals surface area contributed by atoms with Crippen LogP contribution in [0.1, 0.15) is 31.0 Å². The fourth-order valence-electron chi connectivity index (χ4n) is 3.16. The Morgan fingerprint density at radius 3 is 2.70 bits per heavy atom. The van der Waals surface area contributed by atoms with Crippen LogP contribution in [0.2, 0.25) is 0 Å². The highest BCUT2D eigenvalue weighted by Crippen LogP contribution is 2.32. The minimum Gasteiger partial charge on any atom is -0.360 e. The van der Waals surface area contributed by atoms with Crippen molar-refractivity contribution in [2.45, 2.75) is 37.5 Å². The zero-order valence-electron chi connectivity index (χ0n) is 11.0. The highest BCUT2D eigenvalue weighted by molar-refractivity contribution is 7.80. The molecule has 4 unspecified atom stereocenters. The van der Waals surface area contributed by atoms with Gasteiger partial charge in [0.2, 0.25) is 6.04 Å². The topological polar surface area (TPSA) is 67.2 Å². The van der Waals surface area contributed by atoms with E-state index in [1.54, 1.807) is 0 Å². The second kappa shape index (κ2) is 5.46. The molecule has 1 aromatic rings. The second-order valence-corrected chi connectivity index (χ2v) is 5.92. The highest BCUT2D eigenvalue weighted by atomic mass is 32.1. The van der Waals surface area contributed by atoms with E-state index in [9.17, 15) is 10.1 Å². The quantitative estimate of drug-likeness (QED) is 0.496. The summed E-state index contributed by atoms with van der Waals surface area (Å²) >= 11 is 5.45. The third-order valence-corrected chi connectivity index (χ3v) is 4.68. The fraction of sp³-hybridized carbons (Fsp3) is 0.500. The van der Waals surface area contributed by atoms with E-state index in [1.807, 2.05) is 18.2 Å². The molecule has 2 aliphatic rings. The predicted molar refractivity (Wildman–Crippen MR) is 80.0 cm³/mol. The molecular formula is C14H17N3O2S. The average molecular weight is 291 g/mol. The van der Waals surface area contributed by atoms with Gasteiger partial charge in [-0.05, 0) is 12.0 Å². The van der Waals surface area contributed by atoms with Crippen LogP contribution in [0.15, 0.2) is 30.3 Å². The fourth-order valence-corrected chi connectivity index (χ4v) is 3.54. The number of nitro groups is 1. The number of thiocarbonyl (C=S) groups is 1. The van der Waals surface area contributed by atoms with Crippen molar-refractivity contribution >= 4 is 17.2 Å². The lowest BCUT2D eigenvalue weighted by Crippen LogP contribution is -2.58. The van der Waals surface area contributed by atoms with Gasteiger partial charge in [0.15, 0.2) is 0 Å². The van der Waals surface area contributed by atoms with Gasteiger partial charge in [0.25, 0.3) is 0 Å². The first-order chi connectivity index (χ1) is 9.65. The Kier molecular flexibility index (Phi) is 3.67. The maximum Gasteiger partial charge on any atom is 0.213 e. The van der Waals surface area contributed by atoms with Gasteiger partial charge in [-0.3, -0.25) is 15.4 Å². The van der Waals surface area contributed by atoms with Crippen LogP contribution in [0.3, 0.4) is 0 Å². The first-order valence-corrected chi connectivity index (χ1v) is 7.31. The van der Waals surface area contributed by atoms with E-state index in [4.69, 9.17) is 12.2 Å². The number of benzene rings is 1. The third-order valence-electron chi connectivity index (χ3n) is 4.26. The van der Waals surface area contributed by atoms with Crippen LogP contribution in [0.4, 0.5) is 0 Å². The van der Waals surface area contributed by atoms with Crippen molar-refractivity contribution in [3.05, 3.63) is 46.0 Å². The smallest absolute Gasteiger partial charge is 0.213 e. The molecular weight excluding hydrogens is 274 g/mol. The van der Waals surface area contributed by atoms with Crippen molar-refractivity contribution in [3.8, 4) is 0 Å². The Labute approximate surface area is 122 Å². The van der Waals surface area contributed by atoms with Crippen molar-refractivity contribution in [1.29, 1.82) is 0 Å². The summed E-state index contributed by atoms with van der Waals surface area (Å²) in [6.45, 7) is 0. The van der Waals surface area contributed by atoms with E-state index >= 15 is 0 Å². The molecule has 0 spiro atoms. The molecule has 6 heteroatoms. The summed E-state index contributed by atoms with van der Waals surface area (Å²) in [5.74, 6) is 0.0779. The first kappa shape index (κ1) is 13.5. The summed E-state index contributed by atoms with van der Waals surface area (Å²) in [6.07, 6.45) is 1.99. The lowest BCUT2D eigenvalue weighted by molar-refractivity contribution is -0.527. The maximum absolute atomic E-state index is 10.9. The van der Waals surface area contributed by atoms with Crippen molar-refractivity contribution in [1.82, 2.24) is 10.6 Å². The molecule has 1 saturated heterocycles. The third kappa shape index (κ3) is 2.53. The van der Waals surface area contributed by atoms with Crippen LogP contribution < -0.4 is 10.6 Å². The minimum atomic E-state index is -0.453. The van der Waals surface area contributed by atoms with Crippen molar-refractivity contribution < 1.29 is 4.92 Å². The molecule has 0 bridgehead atoms. The normalized spacial score (nSPS) is 33.1. The predicted octanol–water partition coefficient (Wildman–Crippen LogP) is 2.02. The molecule has 0 aromatic heterocycles. The molecule has 5 nitrogen and oxygen atoms in total. The standard InChI is InChI=1S/C14H17N3O2S/c18-17(19)10-6-7-12-11(8-10)14(20)16-13(15-12)9-4-2-1-3-5-9/h1-5,10-13,15H,6-8H2,(H,16,20). The summed E-state index contributed by atoms with van der Waals surface area (Å²) < 4.78 is 0. The lowest BCUT2D eigenvalue weighted by Gasteiger charge is -2.42. The van der Waals surface area contributed by atoms with Gasteiger partial charge < -0.3 is 5.32 Å². The molecule has 0 amide bonds. The van der Waals surface area contributed by atoms with Crippen LogP contribution in [-0.2, 0) is 0 Å². The van der Waals surface area contributed by atoms with Crippen LogP contribution in [0.25, 0.3) is 0 Å². The van der Waals surface area contributed by atoms with Crippen LogP contribution >= 0.6 is 12.2 Å². The summed E-state index contributed by atoms with van der Waals surface area (Å²) in [4.78, 5) is 11.5.